The summed E-state index contributed by atoms with van der Waals surface area (Å²) in [6.07, 6.45) is 1.49. The van der Waals surface area contributed by atoms with Crippen molar-refractivity contribution in [1.82, 2.24) is 0 Å². The Labute approximate surface area is 224 Å². The largest absolute Gasteiger partial charge is 0.458 e. The van der Waals surface area contributed by atoms with Crippen molar-refractivity contribution in [2.24, 2.45) is 34.5 Å². The van der Waals surface area contributed by atoms with Crippen molar-refractivity contribution >= 4 is 5.97 Å². The summed E-state index contributed by atoms with van der Waals surface area (Å²) in [4.78, 5) is 11.8. The summed E-state index contributed by atoms with van der Waals surface area (Å²) in [7, 11) is 0. The number of hydrogen-bond donors (Lipinski definition) is 5. The predicted molar refractivity (Wildman–Crippen MR) is 134 cm³/mol. The van der Waals surface area contributed by atoms with E-state index in [-0.39, 0.29) is 41.8 Å². The molecular formula is C29H44O9. The van der Waals surface area contributed by atoms with E-state index in [2.05, 4.69) is 13.8 Å². The molecule has 2 heterocycles. The molecule has 0 bridgehead atoms. The number of esters is 1. The first-order valence-corrected chi connectivity index (χ1v) is 14.5. The molecule has 9 nitrogen and oxygen atoms in total. The van der Waals surface area contributed by atoms with Gasteiger partial charge in [0.1, 0.15) is 24.9 Å². The second-order valence-electron chi connectivity index (χ2n) is 13.7. The van der Waals surface area contributed by atoms with Crippen LogP contribution in [0.15, 0.2) is 11.6 Å². The highest BCUT2D eigenvalue weighted by atomic mass is 16.7. The van der Waals surface area contributed by atoms with E-state index in [0.717, 1.165) is 44.1 Å². The molecule has 2 aliphatic heterocycles. The molecule has 6 rings (SSSR count). The molecule has 214 valence electrons. The van der Waals surface area contributed by atoms with E-state index >= 15 is 0 Å². The van der Waals surface area contributed by atoms with Gasteiger partial charge in [-0.15, -0.1) is 0 Å². The number of aliphatic hydroxyl groups excluding tert-OH is 4. The van der Waals surface area contributed by atoms with Gasteiger partial charge in [0.2, 0.25) is 0 Å². The number of ether oxygens (including phenoxy) is 3. The molecule has 4 saturated carbocycles. The van der Waals surface area contributed by atoms with Crippen LogP contribution in [0.1, 0.15) is 72.1 Å². The predicted octanol–water partition coefficient (Wildman–Crippen LogP) is 1.43. The quantitative estimate of drug-likeness (QED) is 0.267. The fraction of sp³-hybridized carbons (Fsp3) is 0.897. The molecule has 14 atom stereocenters. The zero-order chi connectivity index (χ0) is 27.2. The van der Waals surface area contributed by atoms with Crippen LogP contribution in [-0.4, -0.2) is 86.6 Å². The highest BCUT2D eigenvalue weighted by molar-refractivity contribution is 5.85. The van der Waals surface area contributed by atoms with Crippen LogP contribution in [0.2, 0.25) is 0 Å². The summed E-state index contributed by atoms with van der Waals surface area (Å²) in [6.45, 7) is 6.32. The van der Waals surface area contributed by atoms with Crippen molar-refractivity contribution in [3.63, 3.8) is 0 Å². The highest BCUT2D eigenvalue weighted by Crippen LogP contribution is 2.70. The summed E-state index contributed by atoms with van der Waals surface area (Å²) >= 11 is 0. The van der Waals surface area contributed by atoms with Gasteiger partial charge in [-0.25, -0.2) is 4.79 Å². The smallest absolute Gasteiger partial charge is 0.331 e. The van der Waals surface area contributed by atoms with Crippen molar-refractivity contribution < 1.29 is 44.5 Å². The Bertz CT molecular complexity index is 985. The van der Waals surface area contributed by atoms with Gasteiger partial charge in [0.25, 0.3) is 0 Å². The fourth-order valence-corrected chi connectivity index (χ4v) is 9.91. The molecule has 0 amide bonds. The zero-order valence-electron chi connectivity index (χ0n) is 22.7. The average molecular weight is 537 g/mol. The molecule has 1 unspecified atom stereocenters. The zero-order valence-corrected chi connectivity index (χ0v) is 22.7. The number of aliphatic hydroxyl groups is 5. The van der Waals surface area contributed by atoms with Gasteiger partial charge in [-0.05, 0) is 93.0 Å². The van der Waals surface area contributed by atoms with Crippen LogP contribution in [-0.2, 0) is 19.0 Å². The lowest BCUT2D eigenvalue weighted by Gasteiger charge is -2.65. The third-order valence-electron chi connectivity index (χ3n) is 12.0. The first kappa shape index (κ1) is 27.1. The molecule has 0 spiro atoms. The van der Waals surface area contributed by atoms with Gasteiger partial charge in [0.05, 0.1) is 23.9 Å². The monoisotopic (exact) mass is 536 g/mol. The van der Waals surface area contributed by atoms with Crippen LogP contribution < -0.4 is 0 Å². The van der Waals surface area contributed by atoms with E-state index in [1.54, 1.807) is 13.0 Å². The molecular weight excluding hydrogens is 492 g/mol. The molecule has 4 aliphatic carbocycles. The Morgan fingerprint density at radius 1 is 1.00 bits per heavy atom. The third kappa shape index (κ3) is 3.80. The molecule has 1 saturated heterocycles. The third-order valence-corrected chi connectivity index (χ3v) is 12.0. The van der Waals surface area contributed by atoms with E-state index in [4.69, 9.17) is 14.2 Å². The molecule has 5 fully saturated rings. The average Bonchev–Trinajstić information content (AvgIpc) is 3.41. The van der Waals surface area contributed by atoms with Gasteiger partial charge >= 0.3 is 5.97 Å². The lowest BCUT2D eigenvalue weighted by molar-refractivity contribution is -0.311. The van der Waals surface area contributed by atoms with Crippen molar-refractivity contribution in [2.75, 3.05) is 6.61 Å². The van der Waals surface area contributed by atoms with Crippen molar-refractivity contribution in [2.45, 2.75) is 121 Å². The van der Waals surface area contributed by atoms with Crippen molar-refractivity contribution in [1.29, 1.82) is 0 Å². The van der Waals surface area contributed by atoms with E-state index in [1.165, 1.54) is 0 Å². The Balaban J connectivity index is 1.19. The van der Waals surface area contributed by atoms with E-state index < -0.39 is 47.8 Å². The second-order valence-corrected chi connectivity index (χ2v) is 13.7. The molecule has 38 heavy (non-hydrogen) atoms. The van der Waals surface area contributed by atoms with E-state index in [9.17, 15) is 30.3 Å². The van der Waals surface area contributed by atoms with Gasteiger partial charge in [0, 0.05) is 11.5 Å². The summed E-state index contributed by atoms with van der Waals surface area (Å²) < 4.78 is 17.1. The lowest BCUT2D eigenvalue weighted by Crippen LogP contribution is -2.66. The summed E-state index contributed by atoms with van der Waals surface area (Å²) in [5.41, 5.74) is -0.607. The topological polar surface area (TPSA) is 146 Å². The Hall–Kier alpha value is -1.07. The lowest BCUT2D eigenvalue weighted by atomic mass is 9.42. The van der Waals surface area contributed by atoms with Gasteiger partial charge < -0.3 is 39.7 Å². The SMILES string of the molecule is C[C@@H]1O[C@@H](O[C@H]2CC[C@]3(C)C4[C@H](O)C[C@]5(C)[C@@H](C6=CC(=O)OC6)CC[C@]5(O)[C@@H]4CC[C@@H]3C2)[C@H](O)[C@H](O)[C@H]1O. The maximum atomic E-state index is 12.4. The molecule has 5 N–H and O–H groups in total. The molecule has 0 aromatic rings. The fourth-order valence-electron chi connectivity index (χ4n) is 9.91. The van der Waals surface area contributed by atoms with Crippen LogP contribution in [0.3, 0.4) is 0 Å². The van der Waals surface area contributed by atoms with Crippen molar-refractivity contribution in [3.05, 3.63) is 11.6 Å². The maximum absolute atomic E-state index is 12.4. The number of carbonyl (C=O) groups excluding carboxylic acids is 1. The van der Waals surface area contributed by atoms with Crippen LogP contribution in [0.4, 0.5) is 0 Å². The number of carbonyl (C=O) groups is 1. The number of rotatable bonds is 3. The van der Waals surface area contributed by atoms with Gasteiger partial charge in [0.15, 0.2) is 6.29 Å². The molecule has 0 aromatic heterocycles. The molecule has 0 aromatic carbocycles. The Kier molecular flexibility index (Phi) is 6.58. The van der Waals surface area contributed by atoms with Crippen LogP contribution in [0, 0.1) is 34.5 Å². The molecule has 6 aliphatic rings. The van der Waals surface area contributed by atoms with Gasteiger partial charge in [-0.2, -0.15) is 0 Å². The first-order valence-electron chi connectivity index (χ1n) is 14.5. The standard InChI is InChI=1S/C29H44O9/c1-14-23(32)24(33)25(34)26(37-14)38-17-6-8-27(2)16(11-17)4-5-19-22(27)20(30)12-28(3)18(7-9-29(19,28)35)15-10-21(31)36-13-15/h10,14,16-20,22-26,30,32-35H,4-9,11-13H2,1-3H3/t14-,16+,17-,18+,19+,20+,22?,23-,24+,25+,26-,27-,28+,29-/m0/s1. The summed E-state index contributed by atoms with van der Waals surface area (Å²) in [5, 5.41) is 54.7. The Morgan fingerprint density at radius 2 is 1.76 bits per heavy atom. The summed E-state index contributed by atoms with van der Waals surface area (Å²) in [5.74, 6) is -0.0314. The minimum atomic E-state index is -1.32. The maximum Gasteiger partial charge on any atom is 0.331 e. The van der Waals surface area contributed by atoms with Crippen LogP contribution >= 0.6 is 0 Å². The highest BCUT2D eigenvalue weighted by Gasteiger charge is 2.70. The molecule has 9 heteroatoms. The number of hydrogen-bond acceptors (Lipinski definition) is 9. The first-order chi connectivity index (χ1) is 17.9. The number of fused-ring (bicyclic) bond motifs is 5. The minimum absolute atomic E-state index is 0.0143. The molecule has 0 radical (unpaired) electrons. The van der Waals surface area contributed by atoms with E-state index in [1.807, 2.05) is 0 Å². The van der Waals surface area contributed by atoms with Crippen LogP contribution in [0.25, 0.3) is 0 Å². The van der Waals surface area contributed by atoms with Gasteiger partial charge in [-0.1, -0.05) is 13.8 Å². The summed E-state index contributed by atoms with van der Waals surface area (Å²) in [6, 6.07) is 0. The Morgan fingerprint density at radius 3 is 2.47 bits per heavy atom. The normalized spacial score (nSPS) is 56.5. The second kappa shape index (κ2) is 9.23. The van der Waals surface area contributed by atoms with Gasteiger partial charge in [-0.3, -0.25) is 0 Å². The van der Waals surface area contributed by atoms with Crippen molar-refractivity contribution in [3.8, 4) is 0 Å². The minimum Gasteiger partial charge on any atom is -0.458 e. The number of cyclic esters (lactones) is 1. The van der Waals surface area contributed by atoms with E-state index in [0.29, 0.717) is 18.8 Å². The van der Waals surface area contributed by atoms with Crippen LogP contribution in [0.5, 0.6) is 0 Å².